The van der Waals surface area contributed by atoms with Gasteiger partial charge in [-0.05, 0) is 18.6 Å². The minimum Gasteiger partial charge on any atom is -0.419 e. The summed E-state index contributed by atoms with van der Waals surface area (Å²) in [5.74, 6) is -0.798. The minimum atomic E-state index is -1.50. The third-order valence-corrected chi connectivity index (χ3v) is 2.18. The number of carbonyl (C=O) groups is 1. The molecule has 0 fully saturated rings. The molecule has 0 saturated carbocycles. The highest BCUT2D eigenvalue weighted by atomic mass is 16.6. The molecule has 1 amide bonds. The highest BCUT2D eigenvalue weighted by Crippen LogP contribution is 2.21. The number of primary amides is 1. The lowest BCUT2D eigenvalue weighted by molar-refractivity contribution is -0.0769. The molecular weight excluding hydrogens is 212 g/mol. The van der Waals surface area contributed by atoms with Gasteiger partial charge in [0.25, 0.3) is 0 Å². The van der Waals surface area contributed by atoms with E-state index in [1.54, 1.807) is 19.1 Å². The van der Waals surface area contributed by atoms with Crippen LogP contribution in [0, 0.1) is 6.92 Å². The zero-order valence-corrected chi connectivity index (χ0v) is 8.83. The third-order valence-electron chi connectivity index (χ3n) is 2.18. The average Bonchev–Trinajstić information content (AvgIpc) is 2.20. The molecule has 4 N–H and O–H groups in total. The number of aromatic nitrogens is 1. The summed E-state index contributed by atoms with van der Waals surface area (Å²) in [5.41, 5.74) is 6.04. The molecule has 6 heteroatoms. The first-order valence-corrected chi connectivity index (χ1v) is 4.72. The van der Waals surface area contributed by atoms with Crippen LogP contribution in [-0.4, -0.2) is 34.2 Å². The third kappa shape index (κ3) is 2.91. The standard InChI is InChI=1S/C10H14N2O4/c1-6-3-2-4-12-8(6)7(5-13)9(14)16-10(11)15/h2-4,7,9,13-14H,5H2,1H3,(H2,11,15)/t7-,9+/m1/s1. The predicted octanol–water partition coefficient (Wildman–Crippen LogP) is -0.120. The molecule has 0 spiro atoms. The Labute approximate surface area is 92.7 Å². The van der Waals surface area contributed by atoms with E-state index in [9.17, 15) is 9.90 Å². The molecule has 1 aromatic rings. The molecule has 2 atom stereocenters. The van der Waals surface area contributed by atoms with Gasteiger partial charge in [0.15, 0.2) is 0 Å². The molecule has 16 heavy (non-hydrogen) atoms. The molecule has 0 unspecified atom stereocenters. The molecule has 0 aromatic carbocycles. The van der Waals surface area contributed by atoms with E-state index in [1.807, 2.05) is 0 Å². The van der Waals surface area contributed by atoms with Crippen molar-refractivity contribution in [2.75, 3.05) is 6.61 Å². The lowest BCUT2D eigenvalue weighted by Crippen LogP contribution is -2.30. The topological polar surface area (TPSA) is 106 Å². The molecule has 88 valence electrons. The lowest BCUT2D eigenvalue weighted by Gasteiger charge is -2.20. The van der Waals surface area contributed by atoms with Crippen molar-refractivity contribution in [3.63, 3.8) is 0 Å². The minimum absolute atomic E-state index is 0.397. The quantitative estimate of drug-likeness (QED) is 0.620. The van der Waals surface area contributed by atoms with Crippen LogP contribution in [0.15, 0.2) is 18.3 Å². The van der Waals surface area contributed by atoms with E-state index >= 15 is 0 Å². The molecule has 1 aromatic heterocycles. The van der Waals surface area contributed by atoms with Gasteiger partial charge in [-0.15, -0.1) is 0 Å². The summed E-state index contributed by atoms with van der Waals surface area (Å²) in [6.45, 7) is 1.38. The number of aliphatic hydroxyl groups is 2. The number of hydrogen-bond donors (Lipinski definition) is 3. The van der Waals surface area contributed by atoms with Gasteiger partial charge in [0.2, 0.25) is 6.29 Å². The van der Waals surface area contributed by atoms with E-state index in [-0.39, 0.29) is 0 Å². The largest absolute Gasteiger partial charge is 0.419 e. The van der Waals surface area contributed by atoms with Gasteiger partial charge in [-0.3, -0.25) is 4.98 Å². The molecule has 0 saturated heterocycles. The second kappa shape index (κ2) is 5.43. The fourth-order valence-corrected chi connectivity index (χ4v) is 1.40. The summed E-state index contributed by atoms with van der Waals surface area (Å²) in [6, 6.07) is 3.51. The maximum atomic E-state index is 10.5. The van der Waals surface area contributed by atoms with E-state index in [0.29, 0.717) is 5.69 Å². The molecule has 1 heterocycles. The molecule has 1 rings (SSSR count). The summed E-state index contributed by atoms with van der Waals surface area (Å²) in [7, 11) is 0. The number of rotatable bonds is 4. The van der Waals surface area contributed by atoms with Crippen molar-refractivity contribution in [3.8, 4) is 0 Å². The monoisotopic (exact) mass is 226 g/mol. The second-order valence-electron chi connectivity index (χ2n) is 3.32. The molecule has 0 radical (unpaired) electrons. The first-order chi connectivity index (χ1) is 7.56. The zero-order valence-electron chi connectivity index (χ0n) is 8.83. The molecule has 6 nitrogen and oxygen atoms in total. The smallest absolute Gasteiger partial charge is 0.406 e. The fourth-order valence-electron chi connectivity index (χ4n) is 1.40. The first-order valence-electron chi connectivity index (χ1n) is 4.72. The summed E-state index contributed by atoms with van der Waals surface area (Å²) in [6.07, 6.45) is -1.07. The van der Waals surface area contributed by atoms with Crippen molar-refractivity contribution < 1.29 is 19.7 Å². The predicted molar refractivity (Wildman–Crippen MR) is 55.5 cm³/mol. The van der Waals surface area contributed by atoms with E-state index < -0.39 is 24.9 Å². The van der Waals surface area contributed by atoms with Crippen molar-refractivity contribution in [3.05, 3.63) is 29.6 Å². The Bertz CT molecular complexity index is 370. The van der Waals surface area contributed by atoms with Crippen LogP contribution in [-0.2, 0) is 4.74 Å². The van der Waals surface area contributed by atoms with Crippen LogP contribution in [0.25, 0.3) is 0 Å². The molecular formula is C10H14N2O4. The van der Waals surface area contributed by atoms with Gasteiger partial charge in [0, 0.05) is 6.20 Å². The number of nitrogens with zero attached hydrogens (tertiary/aromatic N) is 1. The Balaban J connectivity index is 2.90. The first kappa shape index (κ1) is 12.4. The van der Waals surface area contributed by atoms with Crippen molar-refractivity contribution in [1.82, 2.24) is 4.98 Å². The van der Waals surface area contributed by atoms with Crippen LogP contribution >= 0.6 is 0 Å². The maximum Gasteiger partial charge on any atom is 0.406 e. The van der Waals surface area contributed by atoms with Crippen molar-refractivity contribution in [1.29, 1.82) is 0 Å². The summed E-state index contributed by atoms with van der Waals surface area (Å²) in [4.78, 5) is 14.5. The summed E-state index contributed by atoms with van der Waals surface area (Å²) in [5, 5.41) is 18.7. The van der Waals surface area contributed by atoms with E-state index in [0.717, 1.165) is 5.56 Å². The van der Waals surface area contributed by atoms with Gasteiger partial charge < -0.3 is 20.7 Å². The lowest BCUT2D eigenvalue weighted by atomic mass is 10.0. The number of amides is 1. The molecule has 0 aliphatic rings. The number of hydrogen-bond acceptors (Lipinski definition) is 5. The normalized spacial score (nSPS) is 14.2. The van der Waals surface area contributed by atoms with Crippen LogP contribution in [0.1, 0.15) is 17.2 Å². The zero-order chi connectivity index (χ0) is 12.1. The summed E-state index contributed by atoms with van der Waals surface area (Å²) >= 11 is 0. The van der Waals surface area contributed by atoms with E-state index in [2.05, 4.69) is 9.72 Å². The number of ether oxygens (including phenoxy) is 1. The van der Waals surface area contributed by atoms with Crippen LogP contribution < -0.4 is 5.73 Å². The maximum absolute atomic E-state index is 10.5. The van der Waals surface area contributed by atoms with Crippen molar-refractivity contribution in [2.45, 2.75) is 19.1 Å². The number of carbonyl (C=O) groups excluding carboxylic acids is 1. The highest BCUT2D eigenvalue weighted by Gasteiger charge is 2.25. The van der Waals surface area contributed by atoms with Gasteiger partial charge in [-0.25, -0.2) is 4.79 Å². The number of aryl methyl sites for hydroxylation is 1. The van der Waals surface area contributed by atoms with Crippen molar-refractivity contribution >= 4 is 6.09 Å². The fraction of sp³-hybridized carbons (Fsp3) is 0.400. The Kier molecular flexibility index (Phi) is 4.21. The van der Waals surface area contributed by atoms with Crippen molar-refractivity contribution in [2.24, 2.45) is 5.73 Å². The Morgan fingerprint density at radius 1 is 1.69 bits per heavy atom. The van der Waals surface area contributed by atoms with Crippen LogP contribution in [0.5, 0.6) is 0 Å². The highest BCUT2D eigenvalue weighted by molar-refractivity contribution is 5.64. The number of nitrogens with two attached hydrogens (primary N) is 1. The van der Waals surface area contributed by atoms with E-state index in [4.69, 9.17) is 10.8 Å². The second-order valence-corrected chi connectivity index (χ2v) is 3.32. The SMILES string of the molecule is Cc1cccnc1[C@@H](CO)[C@@H](O)OC(N)=O. The van der Waals surface area contributed by atoms with Gasteiger partial charge in [0.1, 0.15) is 0 Å². The van der Waals surface area contributed by atoms with Crippen LogP contribution in [0.4, 0.5) is 4.79 Å². The Morgan fingerprint density at radius 2 is 2.38 bits per heavy atom. The van der Waals surface area contributed by atoms with Gasteiger partial charge >= 0.3 is 6.09 Å². The van der Waals surface area contributed by atoms with Gasteiger partial charge in [-0.1, -0.05) is 6.07 Å². The molecule has 0 bridgehead atoms. The van der Waals surface area contributed by atoms with Gasteiger partial charge in [0.05, 0.1) is 18.2 Å². The summed E-state index contributed by atoms with van der Waals surface area (Å²) < 4.78 is 4.41. The number of aliphatic hydroxyl groups excluding tert-OH is 2. The molecule has 0 aliphatic heterocycles. The Hall–Kier alpha value is -1.66. The van der Waals surface area contributed by atoms with Crippen LogP contribution in [0.2, 0.25) is 0 Å². The van der Waals surface area contributed by atoms with Crippen LogP contribution in [0.3, 0.4) is 0 Å². The molecule has 0 aliphatic carbocycles. The van der Waals surface area contributed by atoms with Gasteiger partial charge in [-0.2, -0.15) is 0 Å². The number of pyridine rings is 1. The van der Waals surface area contributed by atoms with E-state index in [1.165, 1.54) is 6.20 Å². The average molecular weight is 226 g/mol. The Morgan fingerprint density at radius 3 is 2.88 bits per heavy atom.